The normalized spacial score (nSPS) is 18.8. The molecule has 1 saturated heterocycles. The van der Waals surface area contributed by atoms with E-state index in [9.17, 15) is 9.90 Å². The van der Waals surface area contributed by atoms with Crippen LogP contribution in [-0.4, -0.2) is 47.8 Å². The van der Waals surface area contributed by atoms with Crippen molar-refractivity contribution in [2.75, 3.05) is 31.5 Å². The maximum Gasteiger partial charge on any atom is 0.319 e. The lowest BCUT2D eigenvalue weighted by Crippen LogP contribution is -2.48. The summed E-state index contributed by atoms with van der Waals surface area (Å²) in [5.74, 6) is 0.440. The van der Waals surface area contributed by atoms with Gasteiger partial charge in [0.15, 0.2) is 0 Å². The molecule has 5 nitrogen and oxygen atoms in total. The molecular formula is C20H33N3O2. The molecule has 1 aromatic carbocycles. The fourth-order valence-electron chi connectivity index (χ4n) is 3.40. The van der Waals surface area contributed by atoms with Crippen molar-refractivity contribution < 1.29 is 9.90 Å². The van der Waals surface area contributed by atoms with Gasteiger partial charge in [0.1, 0.15) is 0 Å². The molecule has 1 aliphatic heterocycles. The SMILES string of the molecule is CCC(O)(CC)CN1CCCC(CNC(=O)Nc2ccc(C)cc2)C1. The quantitative estimate of drug-likeness (QED) is 0.708. The molecular weight excluding hydrogens is 314 g/mol. The minimum absolute atomic E-state index is 0.153. The number of carbonyl (C=O) groups excluding carboxylic acids is 1. The second-order valence-electron chi connectivity index (χ2n) is 7.38. The fourth-order valence-corrected chi connectivity index (χ4v) is 3.40. The number of carbonyl (C=O) groups is 1. The minimum Gasteiger partial charge on any atom is -0.389 e. The standard InChI is InChI=1S/C20H33N3O2/c1-4-20(25,5-2)15-23-12-6-7-17(14-23)13-21-19(24)22-18-10-8-16(3)9-11-18/h8-11,17,25H,4-7,12-15H2,1-3H3,(H2,21,22,24). The first-order chi connectivity index (χ1) is 11.9. The van der Waals surface area contributed by atoms with Crippen molar-refractivity contribution in [3.8, 4) is 0 Å². The molecule has 5 heteroatoms. The third-order valence-corrected chi connectivity index (χ3v) is 5.30. The Balaban J connectivity index is 1.76. The van der Waals surface area contributed by atoms with Crippen molar-refractivity contribution in [1.29, 1.82) is 0 Å². The number of likely N-dealkylation sites (tertiary alicyclic amines) is 1. The highest BCUT2D eigenvalue weighted by Gasteiger charge is 2.28. The predicted molar refractivity (Wildman–Crippen MR) is 103 cm³/mol. The van der Waals surface area contributed by atoms with E-state index in [0.29, 0.717) is 12.5 Å². The molecule has 3 N–H and O–H groups in total. The van der Waals surface area contributed by atoms with E-state index in [1.165, 1.54) is 5.56 Å². The smallest absolute Gasteiger partial charge is 0.319 e. The van der Waals surface area contributed by atoms with Crippen molar-refractivity contribution in [2.45, 2.75) is 52.1 Å². The van der Waals surface area contributed by atoms with E-state index in [2.05, 4.69) is 15.5 Å². The molecule has 0 bridgehead atoms. The zero-order valence-electron chi connectivity index (χ0n) is 15.8. The molecule has 1 fully saturated rings. The summed E-state index contributed by atoms with van der Waals surface area (Å²) in [6.07, 6.45) is 3.80. The Morgan fingerprint density at radius 3 is 2.60 bits per heavy atom. The second-order valence-corrected chi connectivity index (χ2v) is 7.38. The fraction of sp³-hybridized carbons (Fsp3) is 0.650. The van der Waals surface area contributed by atoms with E-state index in [1.54, 1.807) is 0 Å². The minimum atomic E-state index is -0.585. The third kappa shape index (κ3) is 6.33. The Morgan fingerprint density at radius 2 is 1.96 bits per heavy atom. The van der Waals surface area contributed by atoms with Gasteiger partial charge in [0.05, 0.1) is 5.60 Å². The maximum atomic E-state index is 12.1. The van der Waals surface area contributed by atoms with Crippen molar-refractivity contribution >= 4 is 11.7 Å². The summed E-state index contributed by atoms with van der Waals surface area (Å²) in [6, 6.07) is 7.63. The van der Waals surface area contributed by atoms with Gasteiger partial charge in [-0.15, -0.1) is 0 Å². The molecule has 2 amide bonds. The first kappa shape index (κ1) is 19.7. The number of amides is 2. The Bertz CT molecular complexity index is 540. The van der Waals surface area contributed by atoms with E-state index in [0.717, 1.165) is 51.0 Å². The zero-order chi connectivity index (χ0) is 18.3. The molecule has 1 aromatic rings. The highest BCUT2D eigenvalue weighted by molar-refractivity contribution is 5.89. The predicted octanol–water partition coefficient (Wildman–Crippen LogP) is 3.38. The van der Waals surface area contributed by atoms with Gasteiger partial charge in [-0.2, -0.15) is 0 Å². The number of piperidine rings is 1. The number of hydrogen-bond donors (Lipinski definition) is 3. The number of anilines is 1. The molecule has 0 saturated carbocycles. The summed E-state index contributed by atoms with van der Waals surface area (Å²) in [5.41, 5.74) is 1.40. The molecule has 1 heterocycles. The van der Waals surface area contributed by atoms with Gasteiger partial charge in [0, 0.05) is 25.3 Å². The number of aliphatic hydroxyl groups is 1. The van der Waals surface area contributed by atoms with Gasteiger partial charge >= 0.3 is 6.03 Å². The average molecular weight is 348 g/mol. The molecule has 0 radical (unpaired) electrons. The lowest BCUT2D eigenvalue weighted by Gasteiger charge is -2.38. The topological polar surface area (TPSA) is 64.6 Å². The van der Waals surface area contributed by atoms with Crippen LogP contribution in [0.25, 0.3) is 0 Å². The van der Waals surface area contributed by atoms with Crippen molar-refractivity contribution in [3.63, 3.8) is 0 Å². The number of β-amino-alcohol motifs (C(OH)–C–C–N with tert-alkyl or cyclic N) is 1. The van der Waals surface area contributed by atoms with Gasteiger partial charge in [-0.3, -0.25) is 0 Å². The number of urea groups is 1. The molecule has 2 rings (SSSR count). The highest BCUT2D eigenvalue weighted by Crippen LogP contribution is 2.22. The van der Waals surface area contributed by atoms with E-state index in [4.69, 9.17) is 0 Å². The molecule has 25 heavy (non-hydrogen) atoms. The van der Waals surface area contributed by atoms with E-state index < -0.39 is 5.60 Å². The van der Waals surface area contributed by atoms with Crippen molar-refractivity contribution in [2.24, 2.45) is 5.92 Å². The molecule has 1 unspecified atom stereocenters. The van der Waals surface area contributed by atoms with Crippen LogP contribution in [0.4, 0.5) is 10.5 Å². The molecule has 0 spiro atoms. The number of nitrogens with one attached hydrogen (secondary N) is 2. The first-order valence-electron chi connectivity index (χ1n) is 9.50. The van der Waals surface area contributed by atoms with Gasteiger partial charge < -0.3 is 20.6 Å². The number of hydrogen-bond acceptors (Lipinski definition) is 3. The van der Waals surface area contributed by atoms with Crippen molar-refractivity contribution in [1.82, 2.24) is 10.2 Å². The number of benzene rings is 1. The van der Waals surface area contributed by atoms with Crippen LogP contribution < -0.4 is 10.6 Å². The summed E-state index contributed by atoms with van der Waals surface area (Å²) in [7, 11) is 0. The van der Waals surface area contributed by atoms with E-state index in [1.807, 2.05) is 45.0 Å². The van der Waals surface area contributed by atoms with E-state index in [-0.39, 0.29) is 6.03 Å². The van der Waals surface area contributed by atoms with Crippen LogP contribution >= 0.6 is 0 Å². The van der Waals surface area contributed by atoms with Crippen LogP contribution in [0.5, 0.6) is 0 Å². The zero-order valence-corrected chi connectivity index (χ0v) is 15.8. The van der Waals surface area contributed by atoms with Crippen LogP contribution in [0.3, 0.4) is 0 Å². The van der Waals surface area contributed by atoms with Gasteiger partial charge in [-0.05, 0) is 57.2 Å². The van der Waals surface area contributed by atoms with Crippen LogP contribution in [0, 0.1) is 12.8 Å². The largest absolute Gasteiger partial charge is 0.389 e. The monoisotopic (exact) mass is 347 g/mol. The average Bonchev–Trinajstić information content (AvgIpc) is 2.62. The summed E-state index contributed by atoms with van der Waals surface area (Å²) < 4.78 is 0. The Labute approximate surface area is 151 Å². The number of nitrogens with zero attached hydrogens (tertiary/aromatic N) is 1. The van der Waals surface area contributed by atoms with Crippen LogP contribution in [0.15, 0.2) is 24.3 Å². The van der Waals surface area contributed by atoms with Gasteiger partial charge in [-0.1, -0.05) is 31.5 Å². The Hall–Kier alpha value is -1.59. The molecule has 1 aliphatic rings. The lowest BCUT2D eigenvalue weighted by molar-refractivity contribution is -0.0134. The van der Waals surface area contributed by atoms with Gasteiger partial charge in [0.2, 0.25) is 0 Å². The highest BCUT2D eigenvalue weighted by atomic mass is 16.3. The van der Waals surface area contributed by atoms with Crippen LogP contribution in [-0.2, 0) is 0 Å². The summed E-state index contributed by atoms with van der Waals surface area (Å²) in [4.78, 5) is 14.4. The number of rotatable bonds is 7. The van der Waals surface area contributed by atoms with Crippen LogP contribution in [0.2, 0.25) is 0 Å². The molecule has 140 valence electrons. The lowest BCUT2D eigenvalue weighted by atomic mass is 9.93. The molecule has 0 aliphatic carbocycles. The van der Waals surface area contributed by atoms with Gasteiger partial charge in [0.25, 0.3) is 0 Å². The summed E-state index contributed by atoms with van der Waals surface area (Å²) in [6.45, 7) is 9.49. The third-order valence-electron chi connectivity index (χ3n) is 5.30. The molecule has 1 atom stereocenters. The first-order valence-corrected chi connectivity index (χ1v) is 9.50. The summed E-state index contributed by atoms with van der Waals surface area (Å²) in [5, 5.41) is 16.4. The Kier molecular flexibility index (Phi) is 7.26. The number of aryl methyl sites for hydroxylation is 1. The second kappa shape index (κ2) is 9.20. The van der Waals surface area contributed by atoms with Crippen molar-refractivity contribution in [3.05, 3.63) is 29.8 Å². The maximum absolute atomic E-state index is 12.1. The summed E-state index contributed by atoms with van der Waals surface area (Å²) >= 11 is 0. The Morgan fingerprint density at radius 1 is 1.28 bits per heavy atom. The van der Waals surface area contributed by atoms with Gasteiger partial charge in [-0.25, -0.2) is 4.79 Å². The van der Waals surface area contributed by atoms with Crippen LogP contribution in [0.1, 0.15) is 45.1 Å². The van der Waals surface area contributed by atoms with E-state index >= 15 is 0 Å². The molecule has 0 aromatic heterocycles.